The largest absolute Gasteiger partial charge is 0.494 e. The predicted molar refractivity (Wildman–Crippen MR) is 203 cm³/mol. The van der Waals surface area contributed by atoms with E-state index < -0.39 is 16.2 Å². The summed E-state index contributed by atoms with van der Waals surface area (Å²) in [5.74, 6) is 1.28. The van der Waals surface area contributed by atoms with E-state index in [0.29, 0.717) is 52.5 Å². The molecule has 0 radical (unpaired) electrons. The Labute approximate surface area is 307 Å². The van der Waals surface area contributed by atoms with Crippen molar-refractivity contribution >= 4 is 60.5 Å². The number of benzene rings is 2. The number of piperazine rings is 1. The van der Waals surface area contributed by atoms with Gasteiger partial charge in [-0.25, -0.2) is 17.8 Å². The molecule has 13 nitrogen and oxygen atoms in total. The number of ether oxygens (including phenoxy) is 1. The molecule has 2 saturated heterocycles. The number of aryl methyl sites for hydroxylation is 1. The van der Waals surface area contributed by atoms with E-state index in [1.165, 1.54) is 4.31 Å². The van der Waals surface area contributed by atoms with Crippen molar-refractivity contribution in [3.05, 3.63) is 59.5 Å². The van der Waals surface area contributed by atoms with E-state index in [4.69, 9.17) is 9.72 Å². The molecule has 51 heavy (non-hydrogen) atoms. The molecule has 272 valence electrons. The number of halogens is 2. The molecule has 2 aliphatic heterocycles. The fraction of sp³-hybridized carbons (Fsp3) is 0.457. The molecule has 2 aromatic carbocycles. The average molecular weight is 784 g/mol. The third kappa shape index (κ3) is 7.50. The minimum atomic E-state index is -3.46. The molecular weight excluding hydrogens is 739 g/mol. The van der Waals surface area contributed by atoms with E-state index in [9.17, 15) is 8.42 Å². The second kappa shape index (κ2) is 14.6. The van der Waals surface area contributed by atoms with Gasteiger partial charge in [0.1, 0.15) is 17.7 Å². The molecule has 3 aliphatic rings. The zero-order valence-electron chi connectivity index (χ0n) is 29.3. The van der Waals surface area contributed by atoms with Crippen molar-refractivity contribution < 1.29 is 17.5 Å². The molecule has 0 bridgehead atoms. The molecule has 3 fully saturated rings. The lowest BCUT2D eigenvalue weighted by Gasteiger charge is -2.44. The van der Waals surface area contributed by atoms with Crippen LogP contribution in [0, 0.1) is 0 Å². The van der Waals surface area contributed by atoms with Crippen LogP contribution in [0.5, 0.6) is 5.75 Å². The quantitative estimate of drug-likeness (QED) is 0.208. The van der Waals surface area contributed by atoms with Gasteiger partial charge in [0, 0.05) is 88.1 Å². The van der Waals surface area contributed by atoms with Crippen LogP contribution < -0.4 is 24.6 Å². The molecule has 2 N–H and O–H groups in total. The van der Waals surface area contributed by atoms with E-state index >= 15 is 4.39 Å². The van der Waals surface area contributed by atoms with Crippen LogP contribution in [0.25, 0.3) is 11.1 Å². The van der Waals surface area contributed by atoms with Crippen molar-refractivity contribution in [2.24, 2.45) is 7.05 Å². The number of para-hydroxylation sites is 2. The van der Waals surface area contributed by atoms with Gasteiger partial charge in [0.15, 0.2) is 0 Å². The average Bonchev–Trinajstić information content (AvgIpc) is 3.91. The summed E-state index contributed by atoms with van der Waals surface area (Å²) in [5.41, 5.74) is 4.35. The number of nitrogens with zero attached hydrogens (tertiary/aromatic N) is 8. The summed E-state index contributed by atoms with van der Waals surface area (Å²) in [5, 5.41) is 10.7. The molecule has 2 unspecified atom stereocenters. The van der Waals surface area contributed by atoms with Crippen molar-refractivity contribution in [1.82, 2.24) is 29.5 Å². The van der Waals surface area contributed by atoms with Crippen LogP contribution in [-0.2, 0) is 17.1 Å². The number of hydrogen-bond acceptors (Lipinski definition) is 11. The first-order valence-corrected chi connectivity index (χ1v) is 19.5. The molecule has 0 spiro atoms. The highest BCUT2D eigenvalue weighted by atomic mass is 79.9. The fourth-order valence-corrected chi connectivity index (χ4v) is 8.81. The van der Waals surface area contributed by atoms with Gasteiger partial charge in [-0.1, -0.05) is 12.1 Å². The van der Waals surface area contributed by atoms with E-state index in [0.717, 1.165) is 49.4 Å². The van der Waals surface area contributed by atoms with E-state index in [1.54, 1.807) is 43.4 Å². The van der Waals surface area contributed by atoms with Crippen LogP contribution in [0.4, 0.5) is 38.9 Å². The minimum Gasteiger partial charge on any atom is -0.494 e. The molecular formula is C35H44BrFN10O3S. The molecule has 2 aromatic heterocycles. The number of nitrogens with one attached hydrogen (secondary N) is 2. The molecule has 0 amide bonds. The van der Waals surface area contributed by atoms with Gasteiger partial charge in [0.2, 0.25) is 16.0 Å². The second-order valence-corrected chi connectivity index (χ2v) is 16.6. The van der Waals surface area contributed by atoms with Crippen LogP contribution in [0.3, 0.4) is 0 Å². The Hall–Kier alpha value is -3.99. The monoisotopic (exact) mass is 782 g/mol. The normalized spacial score (nSPS) is 20.3. The van der Waals surface area contributed by atoms with Gasteiger partial charge in [-0.2, -0.15) is 10.1 Å². The summed E-state index contributed by atoms with van der Waals surface area (Å²) in [6.45, 7) is 4.68. The van der Waals surface area contributed by atoms with Crippen LogP contribution in [0.2, 0.25) is 0 Å². The summed E-state index contributed by atoms with van der Waals surface area (Å²) in [6, 6.07) is 11.0. The molecule has 1 saturated carbocycles. The SMILES string of the molecule is COc1cc(N2CCC(N3CCN(C)CC3)C(F)C2)c(-c2cnn(C)c2)cc1Nc1ncc(Br)c(Nc2ccccc2N(C)S(=O)(=O)C2CC2)n1. The van der Waals surface area contributed by atoms with E-state index in [-0.39, 0.29) is 23.8 Å². The Morgan fingerprint density at radius 3 is 2.45 bits per heavy atom. The van der Waals surface area contributed by atoms with Gasteiger partial charge < -0.3 is 25.2 Å². The van der Waals surface area contributed by atoms with Crippen LogP contribution in [0.1, 0.15) is 19.3 Å². The van der Waals surface area contributed by atoms with Crippen molar-refractivity contribution in [2.45, 2.75) is 36.7 Å². The maximum absolute atomic E-state index is 15.9. The molecule has 1 aliphatic carbocycles. The smallest absolute Gasteiger partial charge is 0.237 e. The topological polar surface area (TPSA) is 124 Å². The molecule has 4 heterocycles. The number of alkyl halides is 1. The molecule has 7 rings (SSSR count). The summed E-state index contributed by atoms with van der Waals surface area (Å²) < 4.78 is 51.6. The van der Waals surface area contributed by atoms with Crippen LogP contribution in [-0.4, -0.2) is 116 Å². The number of rotatable bonds is 11. The molecule has 2 atom stereocenters. The van der Waals surface area contributed by atoms with Gasteiger partial charge in [-0.15, -0.1) is 0 Å². The van der Waals surface area contributed by atoms with Gasteiger partial charge >= 0.3 is 0 Å². The number of hydrogen-bond donors (Lipinski definition) is 2. The fourth-order valence-electron chi connectivity index (χ4n) is 6.91. The van der Waals surface area contributed by atoms with E-state index in [2.05, 4.69) is 58.4 Å². The number of aromatic nitrogens is 4. The maximum atomic E-state index is 15.9. The van der Waals surface area contributed by atoms with Crippen molar-refractivity contribution in [3.63, 3.8) is 0 Å². The van der Waals surface area contributed by atoms with Crippen LogP contribution in [0.15, 0.2) is 59.5 Å². The zero-order valence-corrected chi connectivity index (χ0v) is 31.7. The first kappa shape index (κ1) is 35.4. The first-order chi connectivity index (χ1) is 24.5. The first-order valence-electron chi connectivity index (χ1n) is 17.2. The van der Waals surface area contributed by atoms with Gasteiger partial charge in [-0.3, -0.25) is 13.9 Å². The maximum Gasteiger partial charge on any atom is 0.237 e. The Bertz CT molecular complexity index is 1990. The van der Waals surface area contributed by atoms with Gasteiger partial charge in [0.05, 0.1) is 46.6 Å². The lowest BCUT2D eigenvalue weighted by Crippen LogP contribution is -2.57. The highest BCUT2D eigenvalue weighted by molar-refractivity contribution is 9.10. The van der Waals surface area contributed by atoms with E-state index in [1.807, 2.05) is 37.5 Å². The van der Waals surface area contributed by atoms with Crippen molar-refractivity contribution in [2.75, 3.05) is 80.3 Å². The predicted octanol–water partition coefficient (Wildman–Crippen LogP) is 5.23. The summed E-state index contributed by atoms with van der Waals surface area (Å²) in [6.07, 6.45) is 6.45. The number of likely N-dealkylation sites (N-methyl/N-ethyl adjacent to an activating group) is 1. The minimum absolute atomic E-state index is 0.0908. The van der Waals surface area contributed by atoms with Gasteiger partial charge in [0.25, 0.3) is 0 Å². The van der Waals surface area contributed by atoms with Gasteiger partial charge in [-0.05, 0) is 60.4 Å². The zero-order chi connectivity index (χ0) is 35.9. The number of piperidine rings is 1. The molecule has 4 aromatic rings. The Morgan fingerprint density at radius 1 is 1.00 bits per heavy atom. The molecule has 16 heteroatoms. The lowest BCUT2D eigenvalue weighted by molar-refractivity contribution is 0.0532. The number of anilines is 6. The number of sulfonamides is 1. The van der Waals surface area contributed by atoms with Crippen LogP contribution >= 0.6 is 15.9 Å². The summed E-state index contributed by atoms with van der Waals surface area (Å²) >= 11 is 3.55. The second-order valence-electron chi connectivity index (χ2n) is 13.5. The van der Waals surface area contributed by atoms with Crippen molar-refractivity contribution in [3.8, 4) is 16.9 Å². The van der Waals surface area contributed by atoms with Crippen molar-refractivity contribution in [1.29, 1.82) is 0 Å². The highest BCUT2D eigenvalue weighted by Gasteiger charge is 2.39. The third-order valence-corrected chi connectivity index (χ3v) is 12.9. The Balaban J connectivity index is 1.16. The lowest BCUT2D eigenvalue weighted by atomic mass is 9.97. The Kier molecular flexibility index (Phi) is 10.1. The summed E-state index contributed by atoms with van der Waals surface area (Å²) in [7, 11) is 3.70. The number of methoxy groups -OCH3 is 1. The summed E-state index contributed by atoms with van der Waals surface area (Å²) in [4.78, 5) is 16.0. The third-order valence-electron chi connectivity index (χ3n) is 10.0. The Morgan fingerprint density at radius 2 is 1.76 bits per heavy atom. The standard InChI is InChI=1S/C35H44BrFN10O3S/c1-43-13-15-46(16-14-43)30-11-12-47(22-27(30)37)32-18-33(50-4)29(17-25(32)23-19-39-44(2)21-23)41-35-38-20-26(36)34(42-35)40-28-7-5-6-8-31(28)45(3)51(48,49)24-9-10-24/h5-8,17-21,24,27,30H,9-16,22H2,1-4H3,(H2,38,40,41,42). The highest BCUT2D eigenvalue weighted by Crippen LogP contribution is 2.42.